The maximum Gasteiger partial charge on any atom is 0.170 e. The SMILES string of the molecule is CC=S(=O)(CF)N1CCCCC1.CF. The number of piperidine rings is 1. The van der Waals surface area contributed by atoms with Crippen LogP contribution in [0.5, 0.6) is 0 Å². The normalized spacial score (nSPS) is 21.7. The van der Waals surface area contributed by atoms with Gasteiger partial charge in [-0.25, -0.2) is 12.9 Å². The molecular weight excluding hydrogens is 208 g/mol. The van der Waals surface area contributed by atoms with Crippen LogP contribution in [0.4, 0.5) is 8.78 Å². The van der Waals surface area contributed by atoms with Crippen LogP contribution in [-0.4, -0.2) is 40.2 Å². The minimum Gasteiger partial charge on any atom is -0.255 e. The maximum absolute atomic E-state index is 12.5. The summed E-state index contributed by atoms with van der Waals surface area (Å²) in [5, 5.41) is 1.51. The summed E-state index contributed by atoms with van der Waals surface area (Å²) in [4.78, 5) is 0. The fraction of sp³-hybridized carbons (Fsp3) is 0.889. The van der Waals surface area contributed by atoms with E-state index in [1.165, 1.54) is 11.8 Å². The Morgan fingerprint density at radius 3 is 2.14 bits per heavy atom. The van der Waals surface area contributed by atoms with Crippen LogP contribution < -0.4 is 0 Å². The standard InChI is InChI=1S/C8H16FNOS.CH3F/c1-2-12(11,8-9)10-6-4-3-5-7-10;1-2/h2H,3-8H2,1H3;1H3. The molecule has 0 bridgehead atoms. The van der Waals surface area contributed by atoms with E-state index in [9.17, 15) is 13.0 Å². The van der Waals surface area contributed by atoms with Gasteiger partial charge in [-0.2, -0.15) is 0 Å². The van der Waals surface area contributed by atoms with Crippen molar-refractivity contribution in [1.82, 2.24) is 4.31 Å². The number of nitrogens with zero attached hydrogens (tertiary/aromatic N) is 1. The molecule has 5 heteroatoms. The zero-order valence-electron chi connectivity index (χ0n) is 8.84. The molecule has 1 saturated heterocycles. The van der Waals surface area contributed by atoms with Crippen molar-refractivity contribution in [2.24, 2.45) is 0 Å². The Hall–Kier alpha value is -0.160. The molecule has 0 N–H and O–H groups in total. The highest BCUT2D eigenvalue weighted by molar-refractivity contribution is 7.98. The number of rotatable bonds is 2. The number of halogens is 2. The van der Waals surface area contributed by atoms with Gasteiger partial charge >= 0.3 is 0 Å². The fourth-order valence-corrected chi connectivity index (χ4v) is 2.89. The van der Waals surface area contributed by atoms with Gasteiger partial charge < -0.3 is 0 Å². The van der Waals surface area contributed by atoms with Crippen LogP contribution in [0, 0.1) is 0 Å². The Bertz CT molecular complexity index is 243. The van der Waals surface area contributed by atoms with Crippen LogP contribution in [0.15, 0.2) is 0 Å². The van der Waals surface area contributed by atoms with E-state index in [2.05, 4.69) is 0 Å². The molecule has 0 aromatic rings. The molecule has 1 unspecified atom stereocenters. The van der Waals surface area contributed by atoms with Gasteiger partial charge in [0.2, 0.25) is 0 Å². The minimum absolute atomic E-state index is 0.500. The molecule has 1 aliphatic rings. The lowest BCUT2D eigenvalue weighted by Crippen LogP contribution is -2.37. The zero-order chi connectivity index (χ0) is 11.0. The van der Waals surface area contributed by atoms with Crippen LogP contribution in [-0.2, 0) is 9.71 Å². The second-order valence-corrected chi connectivity index (χ2v) is 5.61. The lowest BCUT2D eigenvalue weighted by Gasteiger charge is -2.28. The molecule has 0 aromatic heterocycles. The van der Waals surface area contributed by atoms with E-state index in [1.807, 2.05) is 0 Å². The van der Waals surface area contributed by atoms with Gasteiger partial charge in [0.15, 0.2) is 6.01 Å². The molecule has 0 aliphatic carbocycles. The first kappa shape index (κ1) is 13.8. The summed E-state index contributed by atoms with van der Waals surface area (Å²) in [7, 11) is -1.92. The summed E-state index contributed by atoms with van der Waals surface area (Å²) >= 11 is 0. The summed E-state index contributed by atoms with van der Waals surface area (Å²) < 4.78 is 35.5. The third-order valence-electron chi connectivity index (χ3n) is 2.28. The third kappa shape index (κ3) is 3.53. The highest BCUT2D eigenvalue weighted by Crippen LogP contribution is 2.13. The average Bonchev–Trinajstić information content (AvgIpc) is 2.32. The topological polar surface area (TPSA) is 20.3 Å². The van der Waals surface area contributed by atoms with Crippen molar-refractivity contribution in [3.63, 3.8) is 0 Å². The second kappa shape index (κ2) is 7.17. The maximum atomic E-state index is 12.5. The molecule has 1 aliphatic heterocycles. The van der Waals surface area contributed by atoms with Crippen molar-refractivity contribution < 1.29 is 13.0 Å². The smallest absolute Gasteiger partial charge is 0.170 e. The first-order valence-electron chi connectivity index (χ1n) is 4.73. The molecular formula is C9H19F2NOS. The highest BCUT2D eigenvalue weighted by atomic mass is 32.2. The van der Waals surface area contributed by atoms with Gasteiger partial charge in [0.05, 0.1) is 16.9 Å². The van der Waals surface area contributed by atoms with E-state index in [-0.39, 0.29) is 0 Å². The second-order valence-electron chi connectivity index (χ2n) is 3.02. The van der Waals surface area contributed by atoms with Gasteiger partial charge in [-0.1, -0.05) is 6.42 Å². The molecule has 2 nitrogen and oxygen atoms in total. The summed E-state index contributed by atoms with van der Waals surface area (Å²) in [5.41, 5.74) is 0. The van der Waals surface area contributed by atoms with Gasteiger partial charge in [-0.15, -0.1) is 0 Å². The van der Waals surface area contributed by atoms with Gasteiger partial charge in [0.25, 0.3) is 0 Å². The molecule has 1 rings (SSSR count). The number of hydrogen-bond acceptors (Lipinski definition) is 1. The van der Waals surface area contributed by atoms with Gasteiger partial charge in [-0.3, -0.25) is 4.39 Å². The molecule has 86 valence electrons. The van der Waals surface area contributed by atoms with Gasteiger partial charge in [-0.05, 0) is 25.1 Å². The van der Waals surface area contributed by atoms with E-state index < -0.39 is 15.7 Å². The lowest BCUT2D eigenvalue weighted by atomic mass is 10.2. The molecule has 0 saturated carbocycles. The van der Waals surface area contributed by atoms with Crippen LogP contribution in [0.2, 0.25) is 0 Å². The van der Waals surface area contributed by atoms with E-state index in [0.29, 0.717) is 7.18 Å². The van der Waals surface area contributed by atoms with E-state index in [4.69, 9.17) is 0 Å². The Kier molecular flexibility index (Phi) is 7.09. The molecule has 1 heterocycles. The predicted octanol–water partition coefficient (Wildman–Crippen LogP) is 2.01. The molecule has 0 spiro atoms. The number of hydrogen-bond donors (Lipinski definition) is 0. The highest BCUT2D eigenvalue weighted by Gasteiger charge is 2.19. The zero-order valence-corrected chi connectivity index (χ0v) is 9.66. The summed E-state index contributed by atoms with van der Waals surface area (Å²) in [6, 6.07) is -0.733. The Morgan fingerprint density at radius 2 is 1.79 bits per heavy atom. The molecule has 14 heavy (non-hydrogen) atoms. The third-order valence-corrected chi connectivity index (χ3v) is 4.57. The van der Waals surface area contributed by atoms with Crippen molar-refractivity contribution in [3.05, 3.63) is 0 Å². The molecule has 1 atom stereocenters. The Balaban J connectivity index is 0.000000791. The van der Waals surface area contributed by atoms with Crippen molar-refractivity contribution in [1.29, 1.82) is 0 Å². The molecule has 0 amide bonds. The van der Waals surface area contributed by atoms with E-state index in [0.717, 1.165) is 25.9 Å². The first-order chi connectivity index (χ1) is 6.73. The fourth-order valence-electron chi connectivity index (χ4n) is 1.46. The van der Waals surface area contributed by atoms with E-state index in [1.54, 1.807) is 11.2 Å². The minimum atomic E-state index is -2.42. The molecule has 1 fully saturated rings. The predicted molar refractivity (Wildman–Crippen MR) is 58.3 cm³/mol. The molecule has 0 radical (unpaired) electrons. The quantitative estimate of drug-likeness (QED) is 0.661. The summed E-state index contributed by atoms with van der Waals surface area (Å²) in [5.74, 6) is 0. The van der Waals surface area contributed by atoms with Crippen LogP contribution in [0.3, 0.4) is 0 Å². The average molecular weight is 227 g/mol. The Labute approximate surface area is 85.4 Å². The van der Waals surface area contributed by atoms with Crippen molar-refractivity contribution in [3.8, 4) is 0 Å². The largest absolute Gasteiger partial charge is 0.255 e. The monoisotopic (exact) mass is 227 g/mol. The Morgan fingerprint density at radius 1 is 1.29 bits per heavy atom. The number of alkyl halides is 2. The van der Waals surface area contributed by atoms with Crippen molar-refractivity contribution >= 4 is 15.1 Å². The van der Waals surface area contributed by atoms with Crippen LogP contribution in [0.25, 0.3) is 0 Å². The molecule has 0 aromatic carbocycles. The van der Waals surface area contributed by atoms with Crippen LogP contribution >= 0.6 is 0 Å². The van der Waals surface area contributed by atoms with E-state index >= 15 is 0 Å². The summed E-state index contributed by atoms with van der Waals surface area (Å²) in [6.07, 6.45) is 3.28. The van der Waals surface area contributed by atoms with Crippen molar-refractivity contribution in [2.45, 2.75) is 26.2 Å². The summed E-state index contributed by atoms with van der Waals surface area (Å²) in [6.45, 7) is 3.25. The lowest BCUT2D eigenvalue weighted by molar-refractivity contribution is 0.358. The van der Waals surface area contributed by atoms with Crippen LogP contribution in [0.1, 0.15) is 26.2 Å². The van der Waals surface area contributed by atoms with Gasteiger partial charge in [0, 0.05) is 13.1 Å². The van der Waals surface area contributed by atoms with Gasteiger partial charge in [0.1, 0.15) is 0 Å². The first-order valence-corrected chi connectivity index (χ1v) is 6.48. The van der Waals surface area contributed by atoms with Crippen molar-refractivity contribution in [2.75, 3.05) is 26.3 Å².